The van der Waals surface area contributed by atoms with Gasteiger partial charge in [-0.1, -0.05) is 58.3 Å². The van der Waals surface area contributed by atoms with Crippen molar-refractivity contribution in [3.8, 4) is 0 Å². The van der Waals surface area contributed by atoms with Gasteiger partial charge in [-0.2, -0.15) is 0 Å². The fourth-order valence-corrected chi connectivity index (χ4v) is 2.94. The largest absolute Gasteiger partial charge is 0.354 e. The van der Waals surface area contributed by atoms with Gasteiger partial charge in [-0.15, -0.1) is 0 Å². The van der Waals surface area contributed by atoms with E-state index in [1.807, 2.05) is 0 Å². The van der Waals surface area contributed by atoms with Crippen LogP contribution in [0.5, 0.6) is 0 Å². The summed E-state index contributed by atoms with van der Waals surface area (Å²) in [7, 11) is 0. The van der Waals surface area contributed by atoms with Crippen molar-refractivity contribution >= 4 is 11.8 Å². The van der Waals surface area contributed by atoms with E-state index in [1.165, 1.54) is 44.9 Å². The van der Waals surface area contributed by atoms with E-state index in [1.54, 1.807) is 0 Å². The summed E-state index contributed by atoms with van der Waals surface area (Å²) in [6.45, 7) is 2.98. The lowest BCUT2D eigenvalue weighted by Crippen LogP contribution is -2.45. The van der Waals surface area contributed by atoms with Crippen molar-refractivity contribution in [2.75, 3.05) is 6.54 Å². The average molecular weight is 310 g/mol. The Balaban J connectivity index is 1.98. The Morgan fingerprint density at radius 2 is 1.68 bits per heavy atom. The molecule has 0 saturated carbocycles. The third kappa shape index (κ3) is 9.06. The summed E-state index contributed by atoms with van der Waals surface area (Å²) >= 11 is 0. The zero-order valence-corrected chi connectivity index (χ0v) is 14.3. The van der Waals surface area contributed by atoms with Gasteiger partial charge in [0.05, 0.1) is 0 Å². The number of rotatable bonds is 11. The SMILES string of the molecule is CCCCCCCCCCCC(=O)N[C@H]1CCCCNC1=O. The van der Waals surface area contributed by atoms with Crippen molar-refractivity contribution in [2.45, 2.75) is 96.4 Å². The van der Waals surface area contributed by atoms with Crippen LogP contribution in [0.15, 0.2) is 0 Å². The van der Waals surface area contributed by atoms with Crippen LogP contribution in [-0.4, -0.2) is 24.4 Å². The van der Waals surface area contributed by atoms with Gasteiger partial charge in [0.15, 0.2) is 0 Å². The first kappa shape index (κ1) is 19.0. The van der Waals surface area contributed by atoms with Gasteiger partial charge < -0.3 is 10.6 Å². The van der Waals surface area contributed by atoms with Crippen LogP contribution in [0, 0.1) is 0 Å². The Labute approximate surface area is 135 Å². The van der Waals surface area contributed by atoms with Crippen LogP contribution in [0.1, 0.15) is 90.4 Å². The molecule has 0 aromatic carbocycles. The summed E-state index contributed by atoms with van der Waals surface area (Å²) in [4.78, 5) is 23.6. The van der Waals surface area contributed by atoms with E-state index in [0.717, 1.165) is 38.6 Å². The highest BCUT2D eigenvalue weighted by atomic mass is 16.2. The van der Waals surface area contributed by atoms with Gasteiger partial charge in [-0.3, -0.25) is 9.59 Å². The normalized spacial score (nSPS) is 18.6. The Morgan fingerprint density at radius 3 is 2.36 bits per heavy atom. The van der Waals surface area contributed by atoms with Gasteiger partial charge in [0, 0.05) is 13.0 Å². The molecule has 0 bridgehead atoms. The Morgan fingerprint density at radius 1 is 1.05 bits per heavy atom. The molecule has 0 aromatic heterocycles. The number of nitrogens with one attached hydrogen (secondary N) is 2. The number of carbonyl (C=O) groups excluding carboxylic acids is 2. The van der Waals surface area contributed by atoms with E-state index in [0.29, 0.717) is 6.42 Å². The Hall–Kier alpha value is -1.06. The molecule has 0 unspecified atom stereocenters. The molecule has 128 valence electrons. The van der Waals surface area contributed by atoms with E-state index in [9.17, 15) is 9.59 Å². The molecule has 1 saturated heterocycles. The maximum Gasteiger partial charge on any atom is 0.242 e. The summed E-state index contributed by atoms with van der Waals surface area (Å²) < 4.78 is 0. The van der Waals surface area contributed by atoms with E-state index in [2.05, 4.69) is 17.6 Å². The van der Waals surface area contributed by atoms with Crippen LogP contribution in [0.3, 0.4) is 0 Å². The van der Waals surface area contributed by atoms with E-state index in [-0.39, 0.29) is 17.9 Å². The second kappa shape index (κ2) is 12.5. The first-order valence-corrected chi connectivity index (χ1v) is 9.31. The van der Waals surface area contributed by atoms with Crippen LogP contribution in [0.4, 0.5) is 0 Å². The lowest BCUT2D eigenvalue weighted by Gasteiger charge is -2.15. The second-order valence-corrected chi connectivity index (χ2v) is 6.49. The number of amides is 2. The fraction of sp³-hybridized carbons (Fsp3) is 0.889. The topological polar surface area (TPSA) is 58.2 Å². The average Bonchev–Trinajstić information content (AvgIpc) is 2.71. The van der Waals surface area contributed by atoms with Gasteiger partial charge >= 0.3 is 0 Å². The summed E-state index contributed by atoms with van der Waals surface area (Å²) in [5, 5.41) is 5.73. The third-order valence-electron chi connectivity index (χ3n) is 4.38. The van der Waals surface area contributed by atoms with E-state index >= 15 is 0 Å². The summed E-state index contributed by atoms with van der Waals surface area (Å²) in [6, 6.07) is -0.312. The quantitative estimate of drug-likeness (QED) is 0.572. The minimum absolute atomic E-state index is 0.0158. The summed E-state index contributed by atoms with van der Waals surface area (Å²) in [5.74, 6) is 0.0166. The van der Waals surface area contributed by atoms with E-state index in [4.69, 9.17) is 0 Å². The minimum atomic E-state index is -0.312. The highest BCUT2D eigenvalue weighted by Gasteiger charge is 2.21. The predicted molar refractivity (Wildman–Crippen MR) is 90.6 cm³/mol. The van der Waals surface area contributed by atoms with Crippen molar-refractivity contribution < 1.29 is 9.59 Å². The highest BCUT2D eigenvalue weighted by molar-refractivity contribution is 5.87. The molecule has 1 aliphatic heterocycles. The summed E-state index contributed by atoms with van der Waals surface area (Å²) in [5.41, 5.74) is 0. The Bertz CT molecular complexity index is 318. The molecule has 2 N–H and O–H groups in total. The van der Waals surface area contributed by atoms with Crippen LogP contribution < -0.4 is 10.6 Å². The number of hydrogen-bond donors (Lipinski definition) is 2. The van der Waals surface area contributed by atoms with Crippen LogP contribution in [0.2, 0.25) is 0 Å². The van der Waals surface area contributed by atoms with E-state index < -0.39 is 0 Å². The molecule has 0 spiro atoms. The van der Waals surface area contributed by atoms with Crippen LogP contribution in [-0.2, 0) is 9.59 Å². The molecule has 1 rings (SSSR count). The van der Waals surface area contributed by atoms with Crippen LogP contribution >= 0.6 is 0 Å². The lowest BCUT2D eigenvalue weighted by atomic mass is 10.1. The number of hydrogen-bond acceptors (Lipinski definition) is 2. The molecule has 0 aliphatic carbocycles. The van der Waals surface area contributed by atoms with Gasteiger partial charge in [0.1, 0.15) is 6.04 Å². The second-order valence-electron chi connectivity index (χ2n) is 6.49. The molecule has 0 aromatic rings. The number of carbonyl (C=O) groups is 2. The van der Waals surface area contributed by atoms with Crippen molar-refractivity contribution in [1.82, 2.24) is 10.6 Å². The molecule has 1 atom stereocenters. The molecule has 1 aliphatic rings. The fourth-order valence-electron chi connectivity index (χ4n) is 2.94. The lowest BCUT2D eigenvalue weighted by molar-refractivity contribution is -0.128. The standard InChI is InChI=1S/C18H34N2O2/c1-2-3-4-5-6-7-8-9-10-14-17(21)20-16-13-11-12-15-19-18(16)22/h16H,2-15H2,1H3,(H,19,22)(H,20,21)/t16-/m0/s1. The van der Waals surface area contributed by atoms with Crippen molar-refractivity contribution in [3.63, 3.8) is 0 Å². The Kier molecular flexibility index (Phi) is 10.8. The van der Waals surface area contributed by atoms with Crippen molar-refractivity contribution in [1.29, 1.82) is 0 Å². The molecule has 4 heteroatoms. The zero-order valence-electron chi connectivity index (χ0n) is 14.3. The molecule has 1 heterocycles. The molecular weight excluding hydrogens is 276 g/mol. The number of unbranched alkanes of at least 4 members (excludes halogenated alkanes) is 8. The first-order valence-electron chi connectivity index (χ1n) is 9.31. The summed E-state index contributed by atoms with van der Waals surface area (Å²) in [6.07, 6.45) is 14.6. The molecule has 22 heavy (non-hydrogen) atoms. The minimum Gasteiger partial charge on any atom is -0.354 e. The first-order chi connectivity index (χ1) is 10.7. The van der Waals surface area contributed by atoms with Gasteiger partial charge in [0.25, 0.3) is 0 Å². The molecule has 0 radical (unpaired) electrons. The maximum absolute atomic E-state index is 11.9. The predicted octanol–water partition coefficient (Wildman–Crippen LogP) is 3.69. The molecular formula is C18H34N2O2. The van der Waals surface area contributed by atoms with Gasteiger partial charge in [0.2, 0.25) is 11.8 Å². The zero-order chi connectivity index (χ0) is 16.0. The molecule has 1 fully saturated rings. The van der Waals surface area contributed by atoms with Crippen LogP contribution in [0.25, 0.3) is 0 Å². The monoisotopic (exact) mass is 310 g/mol. The maximum atomic E-state index is 11.9. The van der Waals surface area contributed by atoms with Gasteiger partial charge in [-0.25, -0.2) is 0 Å². The molecule has 4 nitrogen and oxygen atoms in total. The third-order valence-corrected chi connectivity index (χ3v) is 4.38. The van der Waals surface area contributed by atoms with Crippen molar-refractivity contribution in [2.24, 2.45) is 0 Å². The van der Waals surface area contributed by atoms with Crippen molar-refractivity contribution in [3.05, 3.63) is 0 Å². The van der Waals surface area contributed by atoms with Gasteiger partial charge in [-0.05, 0) is 25.7 Å². The molecule has 2 amide bonds. The smallest absolute Gasteiger partial charge is 0.242 e. The highest BCUT2D eigenvalue weighted by Crippen LogP contribution is 2.11.